The Morgan fingerprint density at radius 1 is 0.962 bits per heavy atom. The number of Topliss-reactive ketones (excluding diaryl/α,β-unsaturated/α-hetero) is 1. The zero-order valence-corrected chi connectivity index (χ0v) is 15.4. The molecular weight excluding hydrogens is 332 g/mol. The molecule has 0 fully saturated rings. The van der Waals surface area contributed by atoms with Crippen LogP contribution in [0.3, 0.4) is 0 Å². The molecule has 0 aliphatic carbocycles. The van der Waals surface area contributed by atoms with Crippen LogP contribution >= 0.6 is 0 Å². The van der Waals surface area contributed by atoms with Crippen molar-refractivity contribution in [2.45, 2.75) is 40.5 Å². The molecule has 136 valence electrons. The molecule has 2 aromatic carbocycles. The van der Waals surface area contributed by atoms with Crippen LogP contribution in [-0.4, -0.2) is 17.7 Å². The van der Waals surface area contributed by atoms with Crippen LogP contribution in [0, 0.1) is 0 Å². The summed E-state index contributed by atoms with van der Waals surface area (Å²) in [7, 11) is 0. The molecule has 2 rings (SSSR count). The monoisotopic (exact) mass is 354 g/mol. The summed E-state index contributed by atoms with van der Waals surface area (Å²) in [4.78, 5) is 36.1. The van der Waals surface area contributed by atoms with E-state index in [2.05, 4.69) is 0 Å². The molecule has 0 N–H and O–H groups in total. The van der Waals surface area contributed by atoms with Crippen molar-refractivity contribution in [1.29, 1.82) is 0 Å². The van der Waals surface area contributed by atoms with Crippen LogP contribution in [-0.2, 0) is 16.0 Å². The molecule has 0 aliphatic rings. The highest BCUT2D eigenvalue weighted by Gasteiger charge is 2.26. The summed E-state index contributed by atoms with van der Waals surface area (Å²) in [5, 5.41) is 1.40. The Kier molecular flexibility index (Phi) is 6.28. The van der Waals surface area contributed by atoms with Gasteiger partial charge in [-0.25, -0.2) is 0 Å². The van der Waals surface area contributed by atoms with E-state index in [9.17, 15) is 14.4 Å². The van der Waals surface area contributed by atoms with Gasteiger partial charge >= 0.3 is 11.9 Å². The fraction of sp³-hybridized carbons (Fsp3) is 0.286. The third-order valence-corrected chi connectivity index (χ3v) is 3.88. The largest absolute Gasteiger partial charge is 0.422 e. The summed E-state index contributed by atoms with van der Waals surface area (Å²) >= 11 is 0. The van der Waals surface area contributed by atoms with E-state index >= 15 is 0 Å². The van der Waals surface area contributed by atoms with E-state index in [0.717, 1.165) is 10.9 Å². The fourth-order valence-electron chi connectivity index (χ4n) is 2.86. The molecule has 0 amide bonds. The maximum absolute atomic E-state index is 12.7. The lowest BCUT2D eigenvalue weighted by atomic mass is 9.91. The minimum absolute atomic E-state index is 0.0118. The molecule has 5 nitrogen and oxygen atoms in total. The first kappa shape index (κ1) is 19.4. The first-order chi connectivity index (χ1) is 12.4. The number of fused-ring (bicyclic) bond motifs is 1. The van der Waals surface area contributed by atoms with Crippen LogP contribution in [0.2, 0.25) is 0 Å². The van der Waals surface area contributed by atoms with Crippen molar-refractivity contribution < 1.29 is 23.9 Å². The highest BCUT2D eigenvalue weighted by atomic mass is 16.6. The third-order valence-electron chi connectivity index (χ3n) is 3.88. The molecule has 26 heavy (non-hydrogen) atoms. The van der Waals surface area contributed by atoms with Crippen LogP contribution in [0.4, 0.5) is 0 Å². The van der Waals surface area contributed by atoms with E-state index in [-0.39, 0.29) is 29.3 Å². The number of hydrogen-bond acceptors (Lipinski definition) is 5. The number of ketones is 1. The van der Waals surface area contributed by atoms with Gasteiger partial charge < -0.3 is 9.47 Å². The molecular formula is C21H22O5. The summed E-state index contributed by atoms with van der Waals surface area (Å²) < 4.78 is 10.7. The molecule has 0 radical (unpaired) electrons. The van der Waals surface area contributed by atoms with E-state index in [0.29, 0.717) is 11.8 Å². The highest BCUT2D eigenvalue weighted by Crippen LogP contribution is 2.43. The Morgan fingerprint density at radius 2 is 1.54 bits per heavy atom. The molecule has 0 unspecified atom stereocenters. The van der Waals surface area contributed by atoms with Crippen molar-refractivity contribution in [1.82, 2.24) is 0 Å². The Labute approximate surface area is 152 Å². The number of rotatable bonds is 6. The van der Waals surface area contributed by atoms with E-state index in [1.54, 1.807) is 19.1 Å². The molecule has 0 aromatic heterocycles. The third kappa shape index (κ3) is 3.99. The molecule has 5 heteroatoms. The number of allylic oxidation sites excluding steroid dienone is 2. The molecule has 2 aromatic rings. The second kappa shape index (κ2) is 8.43. The van der Waals surface area contributed by atoms with Crippen LogP contribution in [0.1, 0.15) is 50.0 Å². The predicted molar refractivity (Wildman–Crippen MR) is 99.7 cm³/mol. The van der Waals surface area contributed by atoms with Crippen molar-refractivity contribution in [3.63, 3.8) is 0 Å². The molecule has 0 aliphatic heterocycles. The molecule has 0 atom stereocenters. The first-order valence-corrected chi connectivity index (χ1v) is 8.49. The number of carbonyl (C=O) groups is 3. The summed E-state index contributed by atoms with van der Waals surface area (Å²) in [5.74, 6) is -1.21. The van der Waals surface area contributed by atoms with Crippen molar-refractivity contribution >= 4 is 28.5 Å². The van der Waals surface area contributed by atoms with Crippen LogP contribution in [0.25, 0.3) is 10.8 Å². The van der Waals surface area contributed by atoms with Gasteiger partial charge in [-0.2, -0.15) is 0 Å². The van der Waals surface area contributed by atoms with Crippen molar-refractivity contribution in [3.05, 3.63) is 47.5 Å². The minimum atomic E-state index is -0.587. The summed E-state index contributed by atoms with van der Waals surface area (Å²) in [5.41, 5.74) is 1.04. The lowest BCUT2D eigenvalue weighted by molar-refractivity contribution is -0.134. The summed E-state index contributed by atoms with van der Waals surface area (Å²) in [6, 6.07) is 7.30. The minimum Gasteiger partial charge on any atom is -0.422 e. The second-order valence-corrected chi connectivity index (χ2v) is 5.79. The van der Waals surface area contributed by atoms with Gasteiger partial charge in [0.05, 0.1) is 5.56 Å². The first-order valence-electron chi connectivity index (χ1n) is 8.49. The molecule has 0 saturated carbocycles. The normalized spacial score (nSPS) is 10.9. The van der Waals surface area contributed by atoms with Gasteiger partial charge in [-0.3, -0.25) is 14.4 Å². The van der Waals surface area contributed by atoms with Crippen molar-refractivity contribution in [2.75, 3.05) is 0 Å². The van der Waals surface area contributed by atoms with Gasteiger partial charge in [-0.1, -0.05) is 43.3 Å². The predicted octanol–water partition coefficient (Wildman–Crippen LogP) is 4.40. The Bertz CT molecular complexity index is 893. The molecule has 0 bridgehead atoms. The van der Waals surface area contributed by atoms with Gasteiger partial charge in [-0.15, -0.1) is 0 Å². The topological polar surface area (TPSA) is 69.7 Å². The lowest BCUT2D eigenvalue weighted by Gasteiger charge is -2.19. The zero-order valence-electron chi connectivity index (χ0n) is 15.4. The lowest BCUT2D eigenvalue weighted by Crippen LogP contribution is -2.14. The number of benzene rings is 2. The van der Waals surface area contributed by atoms with E-state index in [1.165, 1.54) is 13.8 Å². The number of carbonyl (C=O) groups excluding carboxylic acids is 3. The van der Waals surface area contributed by atoms with Crippen LogP contribution in [0.5, 0.6) is 11.5 Å². The van der Waals surface area contributed by atoms with Gasteiger partial charge in [0.15, 0.2) is 17.3 Å². The second-order valence-electron chi connectivity index (χ2n) is 5.79. The Balaban J connectivity index is 2.99. The maximum Gasteiger partial charge on any atom is 0.308 e. The smallest absolute Gasteiger partial charge is 0.308 e. The summed E-state index contributed by atoms with van der Waals surface area (Å²) in [6.07, 6.45) is 4.54. The SMILES string of the molecule is CC=CCc1c(C(=O)CC)c(OC(C)=O)c(OC(C)=O)c2ccccc12. The molecule has 0 spiro atoms. The molecule has 0 saturated heterocycles. The quantitative estimate of drug-likeness (QED) is 0.333. The van der Waals surface area contributed by atoms with E-state index in [4.69, 9.17) is 9.47 Å². The highest BCUT2D eigenvalue weighted by molar-refractivity contribution is 6.09. The molecule has 0 heterocycles. The maximum atomic E-state index is 12.7. The Morgan fingerprint density at radius 3 is 2.08 bits per heavy atom. The van der Waals surface area contributed by atoms with Crippen molar-refractivity contribution in [2.24, 2.45) is 0 Å². The average Bonchev–Trinajstić information content (AvgIpc) is 2.60. The van der Waals surface area contributed by atoms with Crippen LogP contribution in [0.15, 0.2) is 36.4 Å². The number of ether oxygens (including phenoxy) is 2. The Hall–Kier alpha value is -2.95. The van der Waals surface area contributed by atoms with E-state index in [1.807, 2.05) is 31.2 Å². The fourth-order valence-corrected chi connectivity index (χ4v) is 2.86. The number of esters is 2. The zero-order chi connectivity index (χ0) is 19.3. The van der Waals surface area contributed by atoms with Gasteiger partial charge in [0.1, 0.15) is 0 Å². The van der Waals surface area contributed by atoms with Gasteiger partial charge in [0, 0.05) is 25.7 Å². The van der Waals surface area contributed by atoms with Crippen molar-refractivity contribution in [3.8, 4) is 11.5 Å². The number of hydrogen-bond donors (Lipinski definition) is 0. The van der Waals surface area contributed by atoms with E-state index < -0.39 is 11.9 Å². The van der Waals surface area contributed by atoms with Gasteiger partial charge in [0.2, 0.25) is 0 Å². The average molecular weight is 354 g/mol. The summed E-state index contributed by atoms with van der Waals surface area (Å²) in [6.45, 7) is 6.14. The van der Waals surface area contributed by atoms with Crippen LogP contribution < -0.4 is 9.47 Å². The van der Waals surface area contributed by atoms with Gasteiger partial charge in [-0.05, 0) is 24.3 Å². The van der Waals surface area contributed by atoms with Gasteiger partial charge in [0.25, 0.3) is 0 Å². The standard InChI is InChI=1S/C21H22O5/c1-5-7-10-16-15-11-8-9-12-17(15)20(25-13(3)22)21(26-14(4)23)19(16)18(24)6-2/h5,7-9,11-12H,6,10H2,1-4H3.